The summed E-state index contributed by atoms with van der Waals surface area (Å²) in [6.07, 6.45) is -4.32. The molecule has 0 fully saturated rings. The third kappa shape index (κ3) is 3.79. The van der Waals surface area contributed by atoms with Gasteiger partial charge in [0, 0.05) is 12.1 Å². The van der Waals surface area contributed by atoms with Gasteiger partial charge in [0.2, 0.25) is 0 Å². The van der Waals surface area contributed by atoms with Crippen LogP contribution in [0, 0.1) is 6.92 Å². The summed E-state index contributed by atoms with van der Waals surface area (Å²) in [5, 5.41) is 0. The van der Waals surface area contributed by atoms with Gasteiger partial charge in [0.15, 0.2) is 6.61 Å². The predicted molar refractivity (Wildman–Crippen MR) is 50.6 cm³/mol. The van der Waals surface area contributed by atoms with Crippen LogP contribution in [0.2, 0.25) is 0 Å². The Morgan fingerprint density at radius 3 is 2.53 bits per heavy atom. The molecule has 0 saturated heterocycles. The van der Waals surface area contributed by atoms with Crippen LogP contribution in [-0.2, 0) is 6.54 Å². The van der Waals surface area contributed by atoms with Crippen LogP contribution in [-0.4, -0.2) is 12.8 Å². The number of aryl methyl sites for hydroxylation is 1. The van der Waals surface area contributed by atoms with Crippen molar-refractivity contribution in [2.75, 3.05) is 6.61 Å². The molecule has 0 amide bonds. The zero-order valence-corrected chi connectivity index (χ0v) is 8.27. The summed E-state index contributed by atoms with van der Waals surface area (Å²) >= 11 is 0. The Hall–Kier alpha value is -1.23. The van der Waals surface area contributed by atoms with E-state index in [2.05, 4.69) is 4.74 Å². The van der Waals surface area contributed by atoms with Crippen LogP contribution in [0.1, 0.15) is 11.1 Å². The second-order valence-electron chi connectivity index (χ2n) is 3.22. The Labute approximate surface area is 85.8 Å². The molecule has 84 valence electrons. The molecule has 1 rings (SSSR count). The molecule has 0 spiro atoms. The molecular weight excluding hydrogens is 207 g/mol. The van der Waals surface area contributed by atoms with E-state index in [0.29, 0.717) is 5.56 Å². The Kier molecular flexibility index (Phi) is 3.57. The van der Waals surface area contributed by atoms with Crippen molar-refractivity contribution in [3.05, 3.63) is 29.3 Å². The highest BCUT2D eigenvalue weighted by Crippen LogP contribution is 2.22. The van der Waals surface area contributed by atoms with Crippen LogP contribution in [0.3, 0.4) is 0 Å². The van der Waals surface area contributed by atoms with Gasteiger partial charge >= 0.3 is 6.18 Å². The number of alkyl halides is 3. The van der Waals surface area contributed by atoms with Gasteiger partial charge < -0.3 is 10.5 Å². The Morgan fingerprint density at radius 2 is 2.00 bits per heavy atom. The van der Waals surface area contributed by atoms with Crippen LogP contribution >= 0.6 is 0 Å². The molecule has 0 heterocycles. The van der Waals surface area contributed by atoms with E-state index in [4.69, 9.17) is 5.73 Å². The molecule has 0 atom stereocenters. The molecule has 0 radical (unpaired) electrons. The number of halogens is 3. The minimum absolute atomic E-state index is 0.162. The minimum Gasteiger partial charge on any atom is -0.484 e. The van der Waals surface area contributed by atoms with E-state index in [1.807, 2.05) is 6.92 Å². The van der Waals surface area contributed by atoms with E-state index in [1.165, 1.54) is 6.07 Å². The average Bonchev–Trinajstić information content (AvgIpc) is 2.14. The summed E-state index contributed by atoms with van der Waals surface area (Å²) in [5.41, 5.74) is 6.92. The molecule has 2 N–H and O–H groups in total. The van der Waals surface area contributed by atoms with E-state index >= 15 is 0 Å². The predicted octanol–water partition coefficient (Wildman–Crippen LogP) is 2.39. The first-order chi connectivity index (χ1) is 6.92. The maximum Gasteiger partial charge on any atom is 0.422 e. The third-order valence-corrected chi connectivity index (χ3v) is 1.83. The van der Waals surface area contributed by atoms with Crippen LogP contribution in [0.15, 0.2) is 18.2 Å². The molecule has 2 nitrogen and oxygen atoms in total. The lowest BCUT2D eigenvalue weighted by molar-refractivity contribution is -0.153. The van der Waals surface area contributed by atoms with Crippen molar-refractivity contribution in [3.63, 3.8) is 0 Å². The van der Waals surface area contributed by atoms with Gasteiger partial charge in [-0.2, -0.15) is 13.2 Å². The van der Waals surface area contributed by atoms with Gasteiger partial charge in [0.25, 0.3) is 0 Å². The highest BCUT2D eigenvalue weighted by Gasteiger charge is 2.28. The number of rotatable bonds is 3. The zero-order valence-electron chi connectivity index (χ0n) is 8.27. The summed E-state index contributed by atoms with van der Waals surface area (Å²) in [5.74, 6) is 0.195. The van der Waals surface area contributed by atoms with E-state index < -0.39 is 12.8 Å². The monoisotopic (exact) mass is 219 g/mol. The number of ether oxygens (including phenoxy) is 1. The van der Waals surface area contributed by atoms with E-state index in [9.17, 15) is 13.2 Å². The van der Waals surface area contributed by atoms with Crippen molar-refractivity contribution in [3.8, 4) is 5.75 Å². The average molecular weight is 219 g/mol. The Morgan fingerprint density at radius 1 is 1.33 bits per heavy atom. The van der Waals surface area contributed by atoms with Crippen LogP contribution in [0.5, 0.6) is 5.75 Å². The zero-order chi connectivity index (χ0) is 11.5. The number of benzene rings is 1. The third-order valence-electron chi connectivity index (χ3n) is 1.83. The van der Waals surface area contributed by atoms with Crippen LogP contribution in [0.25, 0.3) is 0 Å². The lowest BCUT2D eigenvalue weighted by Gasteiger charge is -2.12. The van der Waals surface area contributed by atoms with Gasteiger partial charge in [-0.25, -0.2) is 0 Å². The number of hydrogen-bond donors (Lipinski definition) is 1. The molecule has 0 aliphatic heterocycles. The SMILES string of the molecule is Cc1ccc(OCC(F)(F)F)c(CN)c1. The van der Waals surface area contributed by atoms with Gasteiger partial charge in [-0.3, -0.25) is 0 Å². The molecule has 15 heavy (non-hydrogen) atoms. The first-order valence-electron chi connectivity index (χ1n) is 4.41. The summed E-state index contributed by atoms with van der Waals surface area (Å²) in [4.78, 5) is 0. The fourth-order valence-corrected chi connectivity index (χ4v) is 1.17. The minimum atomic E-state index is -4.32. The highest BCUT2D eigenvalue weighted by molar-refractivity contribution is 5.36. The molecule has 5 heteroatoms. The van der Waals surface area contributed by atoms with E-state index in [0.717, 1.165) is 5.56 Å². The van der Waals surface area contributed by atoms with Crippen molar-refractivity contribution >= 4 is 0 Å². The quantitative estimate of drug-likeness (QED) is 0.847. The Balaban J connectivity index is 2.76. The van der Waals surface area contributed by atoms with Crippen molar-refractivity contribution in [1.82, 2.24) is 0 Å². The first kappa shape index (κ1) is 11.8. The molecule has 0 aliphatic rings. The molecule has 0 bridgehead atoms. The van der Waals surface area contributed by atoms with Crippen molar-refractivity contribution < 1.29 is 17.9 Å². The van der Waals surface area contributed by atoms with Gasteiger partial charge in [0.1, 0.15) is 5.75 Å². The topological polar surface area (TPSA) is 35.2 Å². The standard InChI is InChI=1S/C10H12F3NO/c1-7-2-3-9(8(4-7)5-14)15-6-10(11,12)13/h2-4H,5-6,14H2,1H3. The van der Waals surface area contributed by atoms with E-state index in [-0.39, 0.29) is 12.3 Å². The number of hydrogen-bond acceptors (Lipinski definition) is 2. The van der Waals surface area contributed by atoms with E-state index in [1.54, 1.807) is 12.1 Å². The summed E-state index contributed by atoms with van der Waals surface area (Å²) in [6.45, 7) is 0.713. The fourth-order valence-electron chi connectivity index (χ4n) is 1.17. The highest BCUT2D eigenvalue weighted by atomic mass is 19.4. The van der Waals surface area contributed by atoms with Gasteiger partial charge in [0.05, 0.1) is 0 Å². The van der Waals surface area contributed by atoms with Gasteiger partial charge in [-0.1, -0.05) is 17.7 Å². The van der Waals surface area contributed by atoms with Gasteiger partial charge in [-0.15, -0.1) is 0 Å². The van der Waals surface area contributed by atoms with Gasteiger partial charge in [-0.05, 0) is 13.0 Å². The maximum atomic E-state index is 11.9. The van der Waals surface area contributed by atoms with Crippen LogP contribution in [0.4, 0.5) is 13.2 Å². The molecular formula is C10H12F3NO. The Bertz CT molecular complexity index is 336. The maximum absolute atomic E-state index is 11.9. The largest absolute Gasteiger partial charge is 0.484 e. The number of nitrogens with two attached hydrogens (primary N) is 1. The lowest BCUT2D eigenvalue weighted by Crippen LogP contribution is -2.20. The molecule has 1 aromatic carbocycles. The second-order valence-corrected chi connectivity index (χ2v) is 3.22. The first-order valence-corrected chi connectivity index (χ1v) is 4.41. The second kappa shape index (κ2) is 4.53. The molecule has 0 saturated carbocycles. The van der Waals surface area contributed by atoms with Crippen molar-refractivity contribution in [1.29, 1.82) is 0 Å². The summed E-state index contributed by atoms with van der Waals surface area (Å²) < 4.78 is 40.3. The smallest absolute Gasteiger partial charge is 0.422 e. The van der Waals surface area contributed by atoms with Crippen molar-refractivity contribution in [2.45, 2.75) is 19.6 Å². The molecule has 0 aromatic heterocycles. The molecule has 1 aromatic rings. The fraction of sp³-hybridized carbons (Fsp3) is 0.400. The summed E-state index contributed by atoms with van der Waals surface area (Å²) in [7, 11) is 0. The normalized spacial score (nSPS) is 11.5. The molecule has 0 unspecified atom stereocenters. The lowest BCUT2D eigenvalue weighted by atomic mass is 10.1. The molecule has 0 aliphatic carbocycles. The van der Waals surface area contributed by atoms with Crippen LogP contribution < -0.4 is 10.5 Å². The van der Waals surface area contributed by atoms with Crippen molar-refractivity contribution in [2.24, 2.45) is 5.73 Å². The summed E-state index contributed by atoms with van der Waals surface area (Å²) in [6, 6.07) is 4.90.